The Hall–Kier alpha value is -0.280. The van der Waals surface area contributed by atoms with Crippen molar-refractivity contribution in [1.29, 1.82) is 0 Å². The highest BCUT2D eigenvalue weighted by atomic mass is 35.5. The number of carbonyl (C=O) groups is 1. The molecular weight excluding hydrogens is 192 g/mol. The van der Waals surface area contributed by atoms with E-state index in [1.54, 1.807) is 6.92 Å². The van der Waals surface area contributed by atoms with Crippen LogP contribution in [-0.2, 0) is 9.53 Å². The third kappa shape index (κ3) is 5.11. The number of rotatable bonds is 6. The topological polar surface area (TPSA) is 46.5 Å². The summed E-state index contributed by atoms with van der Waals surface area (Å²) in [6.07, 6.45) is 1.59. The van der Waals surface area contributed by atoms with E-state index in [-0.39, 0.29) is 0 Å². The molecule has 0 heterocycles. The fourth-order valence-electron chi connectivity index (χ4n) is 0.939. The van der Waals surface area contributed by atoms with Gasteiger partial charge in [-0.3, -0.25) is 4.79 Å². The smallest absolute Gasteiger partial charge is 0.326 e. The molecule has 0 saturated carbocycles. The van der Waals surface area contributed by atoms with Gasteiger partial charge in [0.15, 0.2) is 5.38 Å². The number of hydrogen-bond donors (Lipinski definition) is 1. The summed E-state index contributed by atoms with van der Waals surface area (Å²) in [6, 6.07) is 0. The van der Waals surface area contributed by atoms with E-state index in [1.165, 1.54) is 0 Å². The Labute approximate surface area is 84.0 Å². The molecule has 13 heavy (non-hydrogen) atoms. The molecule has 0 aliphatic carbocycles. The Morgan fingerprint density at radius 1 is 1.54 bits per heavy atom. The molecule has 4 heteroatoms. The molecule has 0 spiro atoms. The molecule has 0 aromatic rings. The molecule has 0 amide bonds. The van der Waals surface area contributed by atoms with Crippen molar-refractivity contribution in [3.05, 3.63) is 0 Å². The summed E-state index contributed by atoms with van der Waals surface area (Å²) >= 11 is 5.67. The maximum atomic E-state index is 11.0. The standard InChI is InChI=1S/C9H17ClO3/c1-3-5-6-7(11)8(10)9(12)13-4-2/h7-8,11H,3-6H2,1-2H3/t7-,8+/m0/s1. The van der Waals surface area contributed by atoms with Crippen molar-refractivity contribution in [2.45, 2.75) is 44.6 Å². The minimum absolute atomic E-state index is 0.294. The quantitative estimate of drug-likeness (QED) is 0.534. The molecule has 1 N–H and O–H groups in total. The summed E-state index contributed by atoms with van der Waals surface area (Å²) in [5.41, 5.74) is 0. The van der Waals surface area contributed by atoms with Gasteiger partial charge >= 0.3 is 5.97 Å². The minimum atomic E-state index is -0.925. The molecule has 0 aromatic heterocycles. The zero-order chi connectivity index (χ0) is 10.3. The van der Waals surface area contributed by atoms with Crippen molar-refractivity contribution in [2.24, 2.45) is 0 Å². The Balaban J connectivity index is 3.79. The zero-order valence-electron chi connectivity index (χ0n) is 8.12. The van der Waals surface area contributed by atoms with Crippen molar-refractivity contribution in [2.75, 3.05) is 6.61 Å². The van der Waals surface area contributed by atoms with Crippen LogP contribution in [0.15, 0.2) is 0 Å². The lowest BCUT2D eigenvalue weighted by atomic mass is 10.1. The molecular formula is C9H17ClO3. The van der Waals surface area contributed by atoms with Crippen LogP contribution in [0.2, 0.25) is 0 Å². The first-order valence-electron chi connectivity index (χ1n) is 4.62. The average molecular weight is 209 g/mol. The van der Waals surface area contributed by atoms with E-state index in [0.29, 0.717) is 13.0 Å². The normalized spacial score (nSPS) is 15.1. The zero-order valence-corrected chi connectivity index (χ0v) is 8.88. The third-order valence-electron chi connectivity index (χ3n) is 1.70. The molecule has 0 rings (SSSR count). The number of hydrogen-bond acceptors (Lipinski definition) is 3. The van der Waals surface area contributed by atoms with Gasteiger partial charge in [0.25, 0.3) is 0 Å². The lowest BCUT2D eigenvalue weighted by Crippen LogP contribution is -2.30. The van der Waals surface area contributed by atoms with Gasteiger partial charge in [0.2, 0.25) is 0 Å². The maximum Gasteiger partial charge on any atom is 0.326 e. The minimum Gasteiger partial charge on any atom is -0.465 e. The van der Waals surface area contributed by atoms with Crippen LogP contribution in [-0.4, -0.2) is 29.2 Å². The molecule has 0 radical (unpaired) electrons. The van der Waals surface area contributed by atoms with Gasteiger partial charge in [-0.05, 0) is 13.3 Å². The first kappa shape index (κ1) is 12.7. The Morgan fingerprint density at radius 3 is 2.62 bits per heavy atom. The van der Waals surface area contributed by atoms with Crippen molar-refractivity contribution in [3.63, 3.8) is 0 Å². The molecule has 0 unspecified atom stereocenters. The van der Waals surface area contributed by atoms with Crippen LogP contribution in [0.3, 0.4) is 0 Å². The summed E-state index contributed by atoms with van der Waals surface area (Å²) in [5, 5.41) is 8.49. The second kappa shape index (κ2) is 7.15. The number of alkyl halides is 1. The molecule has 0 saturated heterocycles. The van der Waals surface area contributed by atoms with Crippen molar-refractivity contribution < 1.29 is 14.6 Å². The fraction of sp³-hybridized carbons (Fsp3) is 0.889. The monoisotopic (exact) mass is 208 g/mol. The first-order valence-corrected chi connectivity index (χ1v) is 5.05. The highest BCUT2D eigenvalue weighted by Gasteiger charge is 2.24. The molecule has 0 aliphatic heterocycles. The van der Waals surface area contributed by atoms with Gasteiger partial charge in [0.1, 0.15) is 0 Å². The van der Waals surface area contributed by atoms with Crippen molar-refractivity contribution in [3.8, 4) is 0 Å². The number of aliphatic hydroxyl groups excluding tert-OH is 1. The molecule has 0 aliphatic rings. The van der Waals surface area contributed by atoms with Gasteiger partial charge < -0.3 is 9.84 Å². The van der Waals surface area contributed by atoms with Crippen LogP contribution in [0.5, 0.6) is 0 Å². The Bertz CT molecular complexity index is 150. The summed E-state index contributed by atoms with van der Waals surface area (Å²) < 4.78 is 4.67. The Morgan fingerprint density at radius 2 is 2.15 bits per heavy atom. The van der Waals surface area contributed by atoms with E-state index >= 15 is 0 Å². The third-order valence-corrected chi connectivity index (χ3v) is 2.17. The number of carbonyl (C=O) groups excluding carboxylic acids is 1. The maximum absolute atomic E-state index is 11.0. The molecule has 2 atom stereocenters. The van der Waals surface area contributed by atoms with E-state index in [4.69, 9.17) is 11.6 Å². The predicted molar refractivity (Wildman–Crippen MR) is 51.8 cm³/mol. The van der Waals surface area contributed by atoms with Crippen molar-refractivity contribution in [1.82, 2.24) is 0 Å². The number of ether oxygens (including phenoxy) is 1. The van der Waals surface area contributed by atoms with E-state index in [9.17, 15) is 9.90 Å². The average Bonchev–Trinajstić information content (AvgIpc) is 2.13. The highest BCUT2D eigenvalue weighted by Crippen LogP contribution is 2.11. The van der Waals surface area contributed by atoms with Crippen LogP contribution >= 0.6 is 11.6 Å². The second-order valence-corrected chi connectivity index (χ2v) is 3.33. The summed E-state index contributed by atoms with van der Waals surface area (Å²) in [7, 11) is 0. The van der Waals surface area contributed by atoms with Crippen molar-refractivity contribution >= 4 is 17.6 Å². The Kier molecular flexibility index (Phi) is 7.00. The van der Waals surface area contributed by atoms with Gasteiger partial charge in [-0.15, -0.1) is 11.6 Å². The number of halogens is 1. The van der Waals surface area contributed by atoms with Gasteiger partial charge in [-0.1, -0.05) is 19.8 Å². The van der Waals surface area contributed by atoms with Crippen LogP contribution in [0.25, 0.3) is 0 Å². The molecule has 0 fully saturated rings. The molecule has 78 valence electrons. The van der Waals surface area contributed by atoms with Gasteiger partial charge in [0.05, 0.1) is 12.7 Å². The van der Waals surface area contributed by atoms with Crippen LogP contribution in [0.1, 0.15) is 33.1 Å². The van der Waals surface area contributed by atoms with Gasteiger partial charge in [0, 0.05) is 0 Å². The van der Waals surface area contributed by atoms with E-state index < -0.39 is 17.5 Å². The van der Waals surface area contributed by atoms with E-state index in [0.717, 1.165) is 12.8 Å². The first-order chi connectivity index (χ1) is 6.13. The predicted octanol–water partition coefficient (Wildman–Crippen LogP) is 1.71. The van der Waals surface area contributed by atoms with Crippen LogP contribution in [0, 0.1) is 0 Å². The largest absolute Gasteiger partial charge is 0.465 e. The van der Waals surface area contributed by atoms with Gasteiger partial charge in [-0.25, -0.2) is 0 Å². The van der Waals surface area contributed by atoms with E-state index in [2.05, 4.69) is 4.74 Å². The fourth-order valence-corrected chi connectivity index (χ4v) is 1.13. The molecule has 0 aromatic carbocycles. The summed E-state index contributed by atoms with van der Waals surface area (Å²) in [6.45, 7) is 4.02. The van der Waals surface area contributed by atoms with Gasteiger partial charge in [-0.2, -0.15) is 0 Å². The molecule has 3 nitrogen and oxygen atoms in total. The van der Waals surface area contributed by atoms with Crippen LogP contribution in [0.4, 0.5) is 0 Å². The number of aliphatic hydroxyl groups is 1. The lowest BCUT2D eigenvalue weighted by molar-refractivity contribution is -0.144. The summed E-state index contributed by atoms with van der Waals surface area (Å²) in [4.78, 5) is 11.0. The van der Waals surface area contributed by atoms with Crippen LogP contribution < -0.4 is 0 Å². The SMILES string of the molecule is CCCC[C@H](O)[C@@H](Cl)C(=O)OCC. The van der Waals surface area contributed by atoms with E-state index in [1.807, 2.05) is 6.92 Å². The molecule has 0 bridgehead atoms. The second-order valence-electron chi connectivity index (χ2n) is 2.86. The summed E-state index contributed by atoms with van der Waals surface area (Å²) in [5.74, 6) is -0.534. The highest BCUT2D eigenvalue weighted by molar-refractivity contribution is 6.30. The lowest BCUT2D eigenvalue weighted by Gasteiger charge is -2.14. The number of esters is 1. The number of unbranched alkanes of at least 4 members (excludes halogenated alkanes) is 1.